The molecule has 182 valence electrons. The van der Waals surface area contributed by atoms with Crippen molar-refractivity contribution in [2.24, 2.45) is 5.73 Å². The van der Waals surface area contributed by atoms with Crippen molar-refractivity contribution in [3.05, 3.63) is 72.0 Å². The fraction of sp³-hybridized carbons (Fsp3) is 0.280. The van der Waals surface area contributed by atoms with Crippen LogP contribution in [0.1, 0.15) is 58.9 Å². The second kappa shape index (κ2) is 10.3. The summed E-state index contributed by atoms with van der Waals surface area (Å²) < 4.78 is 6.46. The number of piperidine rings is 1. The molecule has 1 aliphatic heterocycles. The van der Waals surface area contributed by atoms with Crippen LogP contribution in [0, 0.1) is 0 Å². The molecule has 1 aliphatic rings. The maximum absolute atomic E-state index is 12.7. The first kappa shape index (κ1) is 23.8. The Hall–Kier alpha value is -4.34. The van der Waals surface area contributed by atoms with Crippen LogP contribution in [0.5, 0.6) is 5.75 Å². The number of imidazole rings is 1. The predicted octanol–water partition coefficient (Wildman–Crippen LogP) is 3.08. The van der Waals surface area contributed by atoms with Crippen LogP contribution in [-0.2, 0) is 0 Å². The molecular formula is C25H29N7O3. The number of nitrogens with two attached hydrogens (primary N) is 2. The van der Waals surface area contributed by atoms with Crippen LogP contribution < -0.4 is 21.6 Å². The minimum atomic E-state index is -0.666. The average molecular weight is 476 g/mol. The van der Waals surface area contributed by atoms with Crippen molar-refractivity contribution in [3.63, 3.8) is 0 Å². The lowest BCUT2D eigenvalue weighted by molar-refractivity contribution is 0.0990. The number of rotatable bonds is 7. The summed E-state index contributed by atoms with van der Waals surface area (Å²) >= 11 is 0. The lowest BCUT2D eigenvalue weighted by atomic mass is 10.0. The first-order valence-corrected chi connectivity index (χ1v) is 11.4. The van der Waals surface area contributed by atoms with Gasteiger partial charge in [-0.25, -0.2) is 14.6 Å². The summed E-state index contributed by atoms with van der Waals surface area (Å²) in [5.74, 6) is 6.88. The molecule has 0 unspecified atom stereocenters. The van der Waals surface area contributed by atoms with E-state index in [9.17, 15) is 9.59 Å². The highest BCUT2D eigenvalue weighted by atomic mass is 16.5. The van der Waals surface area contributed by atoms with Gasteiger partial charge in [0.05, 0.1) is 13.2 Å². The largest absolute Gasteiger partial charge is 0.497 e. The number of hydrogen-bond acceptors (Lipinski definition) is 7. The second-order valence-corrected chi connectivity index (χ2v) is 8.25. The van der Waals surface area contributed by atoms with E-state index in [1.807, 2.05) is 19.2 Å². The summed E-state index contributed by atoms with van der Waals surface area (Å²) in [4.78, 5) is 36.1. The molecule has 0 bridgehead atoms. The van der Waals surface area contributed by atoms with Crippen molar-refractivity contribution in [3.8, 4) is 17.0 Å². The van der Waals surface area contributed by atoms with Gasteiger partial charge in [0.15, 0.2) is 11.5 Å². The minimum absolute atomic E-state index is 0.0581. The van der Waals surface area contributed by atoms with E-state index in [-0.39, 0.29) is 17.6 Å². The van der Waals surface area contributed by atoms with Gasteiger partial charge in [0.1, 0.15) is 17.3 Å². The van der Waals surface area contributed by atoms with E-state index in [4.69, 9.17) is 21.3 Å². The zero-order chi connectivity index (χ0) is 24.9. The molecule has 0 aliphatic carbocycles. The van der Waals surface area contributed by atoms with Crippen molar-refractivity contribution in [1.82, 2.24) is 19.5 Å². The number of nitrogen functional groups attached to an aromatic ring is 1. The standard InChI is InChI=1S/C25H29N7O3/c1-3-13-31-14-5-4-6-19(31)24-30-21(22(23(26)33)32(24)27)16-7-9-17(10-8-16)25(34)29-20-15-18(35-2)11-12-28-20/h3,7-13,15,19H,4-6,14,27H2,1-2H3,(H2,26,33)(H,28,29,34)/t19-/m0/s1. The van der Waals surface area contributed by atoms with Gasteiger partial charge < -0.3 is 26.5 Å². The van der Waals surface area contributed by atoms with Crippen molar-refractivity contribution in [2.75, 3.05) is 24.8 Å². The Labute approximate surface area is 203 Å². The zero-order valence-electron chi connectivity index (χ0n) is 19.8. The highest BCUT2D eigenvalue weighted by Gasteiger charge is 2.30. The van der Waals surface area contributed by atoms with Crippen LogP contribution in [0.2, 0.25) is 0 Å². The second-order valence-electron chi connectivity index (χ2n) is 8.25. The Kier molecular flexibility index (Phi) is 7.00. The number of nitrogens with one attached hydrogen (secondary N) is 1. The molecule has 10 heteroatoms. The molecule has 1 aromatic carbocycles. The maximum Gasteiger partial charge on any atom is 0.269 e. The fourth-order valence-electron chi connectivity index (χ4n) is 4.30. The van der Waals surface area contributed by atoms with E-state index < -0.39 is 5.91 Å². The van der Waals surface area contributed by atoms with Gasteiger partial charge in [-0.1, -0.05) is 18.2 Å². The van der Waals surface area contributed by atoms with Crippen LogP contribution in [-0.4, -0.2) is 45.0 Å². The number of ether oxygens (including phenoxy) is 1. The first-order valence-electron chi connectivity index (χ1n) is 11.4. The lowest BCUT2D eigenvalue weighted by Gasteiger charge is -2.34. The molecule has 10 nitrogen and oxygen atoms in total. The highest BCUT2D eigenvalue weighted by molar-refractivity contribution is 6.04. The van der Waals surface area contributed by atoms with Gasteiger partial charge in [0, 0.05) is 29.9 Å². The Balaban J connectivity index is 1.62. The van der Waals surface area contributed by atoms with Crippen molar-refractivity contribution < 1.29 is 14.3 Å². The first-order chi connectivity index (χ1) is 16.9. The van der Waals surface area contributed by atoms with Gasteiger partial charge in [-0.05, 0) is 50.6 Å². The molecule has 5 N–H and O–H groups in total. The minimum Gasteiger partial charge on any atom is -0.497 e. The third kappa shape index (κ3) is 4.96. The third-order valence-electron chi connectivity index (χ3n) is 5.98. The smallest absolute Gasteiger partial charge is 0.269 e. The van der Waals surface area contributed by atoms with Crippen molar-refractivity contribution in [2.45, 2.75) is 32.2 Å². The molecular weight excluding hydrogens is 446 g/mol. The summed E-state index contributed by atoms with van der Waals surface area (Å²) in [5, 5.41) is 2.74. The topological polar surface area (TPSA) is 141 Å². The molecule has 1 fully saturated rings. The summed E-state index contributed by atoms with van der Waals surface area (Å²) in [5.41, 5.74) is 7.26. The molecule has 1 saturated heterocycles. The molecule has 0 saturated carbocycles. The maximum atomic E-state index is 12.7. The number of hydrogen-bond donors (Lipinski definition) is 3. The quantitative estimate of drug-likeness (QED) is 0.446. The molecule has 0 radical (unpaired) electrons. The Morgan fingerprint density at radius 3 is 2.66 bits per heavy atom. The van der Waals surface area contributed by atoms with Crippen LogP contribution >= 0.6 is 0 Å². The van der Waals surface area contributed by atoms with Crippen LogP contribution in [0.15, 0.2) is 54.9 Å². The Morgan fingerprint density at radius 2 is 1.97 bits per heavy atom. The van der Waals surface area contributed by atoms with Gasteiger partial charge in [0.25, 0.3) is 11.8 Å². The number of carbonyl (C=O) groups excluding carboxylic acids is 2. The normalized spacial score (nSPS) is 15.8. The number of carbonyl (C=O) groups is 2. The molecule has 0 spiro atoms. The molecule has 2 aromatic heterocycles. The van der Waals surface area contributed by atoms with E-state index in [2.05, 4.69) is 15.2 Å². The SMILES string of the molecule is CC=CN1CCCC[C@H]1c1nc(-c2ccc(C(=O)Nc3cc(OC)ccn3)cc2)c(C(N)=O)n1N. The number of pyridine rings is 1. The molecule has 35 heavy (non-hydrogen) atoms. The summed E-state index contributed by atoms with van der Waals surface area (Å²) in [6, 6.07) is 10.0. The summed E-state index contributed by atoms with van der Waals surface area (Å²) in [7, 11) is 1.54. The zero-order valence-corrected chi connectivity index (χ0v) is 19.8. The highest BCUT2D eigenvalue weighted by Crippen LogP contribution is 2.33. The fourth-order valence-corrected chi connectivity index (χ4v) is 4.30. The van der Waals surface area contributed by atoms with Gasteiger partial charge in [-0.3, -0.25) is 9.59 Å². The number of aromatic nitrogens is 3. The molecule has 2 amide bonds. The van der Waals surface area contributed by atoms with E-state index in [1.165, 1.54) is 4.68 Å². The average Bonchev–Trinajstić information content (AvgIpc) is 3.22. The number of primary amides is 1. The number of amides is 2. The molecule has 3 aromatic rings. The van der Waals surface area contributed by atoms with E-state index >= 15 is 0 Å². The van der Waals surface area contributed by atoms with Gasteiger partial charge in [-0.15, -0.1) is 0 Å². The van der Waals surface area contributed by atoms with Crippen LogP contribution in [0.25, 0.3) is 11.3 Å². The van der Waals surface area contributed by atoms with E-state index in [0.29, 0.717) is 34.2 Å². The summed E-state index contributed by atoms with van der Waals surface area (Å²) in [6.45, 7) is 2.85. The molecule has 1 atom stereocenters. The lowest BCUT2D eigenvalue weighted by Crippen LogP contribution is -2.33. The predicted molar refractivity (Wildman–Crippen MR) is 133 cm³/mol. The number of allylic oxidation sites excluding steroid dienone is 1. The number of anilines is 1. The van der Waals surface area contributed by atoms with Gasteiger partial charge in [0.2, 0.25) is 0 Å². The Morgan fingerprint density at radius 1 is 1.20 bits per heavy atom. The van der Waals surface area contributed by atoms with Gasteiger partial charge in [-0.2, -0.15) is 0 Å². The van der Waals surface area contributed by atoms with E-state index in [0.717, 1.165) is 25.8 Å². The third-order valence-corrected chi connectivity index (χ3v) is 5.98. The van der Waals surface area contributed by atoms with E-state index in [1.54, 1.807) is 49.7 Å². The number of benzene rings is 1. The van der Waals surface area contributed by atoms with Crippen molar-refractivity contribution in [1.29, 1.82) is 0 Å². The van der Waals surface area contributed by atoms with Crippen molar-refractivity contribution >= 4 is 17.6 Å². The molecule has 3 heterocycles. The summed E-state index contributed by atoms with van der Waals surface area (Å²) in [6.07, 6.45) is 8.53. The monoisotopic (exact) mass is 475 g/mol. The molecule has 4 rings (SSSR count). The number of likely N-dealkylation sites (tertiary alicyclic amines) is 1. The van der Waals surface area contributed by atoms with Gasteiger partial charge >= 0.3 is 0 Å². The van der Waals surface area contributed by atoms with Crippen LogP contribution in [0.3, 0.4) is 0 Å². The van der Waals surface area contributed by atoms with Crippen LogP contribution in [0.4, 0.5) is 5.82 Å². The Bertz CT molecular complexity index is 1250. The number of methoxy groups -OCH3 is 1. The number of nitrogens with zero attached hydrogens (tertiary/aromatic N) is 4.